The van der Waals surface area contributed by atoms with Crippen molar-refractivity contribution in [3.63, 3.8) is 0 Å². The van der Waals surface area contributed by atoms with Crippen LogP contribution in [-0.4, -0.2) is 22.2 Å². The van der Waals surface area contributed by atoms with Crippen molar-refractivity contribution in [2.24, 2.45) is 5.92 Å². The zero-order chi connectivity index (χ0) is 11.5. The molecule has 0 saturated carbocycles. The summed E-state index contributed by atoms with van der Waals surface area (Å²) in [6.07, 6.45) is 2.60. The van der Waals surface area contributed by atoms with Gasteiger partial charge in [-0.2, -0.15) is 0 Å². The van der Waals surface area contributed by atoms with Gasteiger partial charge in [-0.25, -0.2) is 4.79 Å². The van der Waals surface area contributed by atoms with Gasteiger partial charge in [-0.05, 0) is 32.4 Å². The van der Waals surface area contributed by atoms with Gasteiger partial charge in [-0.15, -0.1) is 0 Å². The second-order valence-corrected chi connectivity index (χ2v) is 4.19. The molecule has 1 aliphatic heterocycles. The third-order valence-electron chi connectivity index (χ3n) is 3.08. The smallest absolute Gasteiger partial charge is 0.316 e. The number of rotatable bonds is 3. The number of nitrogens with zero attached hydrogens (tertiary/aromatic N) is 2. The van der Waals surface area contributed by atoms with Gasteiger partial charge in [-0.1, -0.05) is 0 Å². The number of hydrogen-bond acceptors (Lipinski definition) is 3. The van der Waals surface area contributed by atoms with E-state index in [1.54, 1.807) is 10.8 Å². The van der Waals surface area contributed by atoms with Gasteiger partial charge < -0.3 is 9.88 Å². The van der Waals surface area contributed by atoms with E-state index in [1.165, 1.54) is 10.6 Å². The van der Waals surface area contributed by atoms with Crippen LogP contribution in [0, 0.1) is 5.92 Å². The molecule has 88 valence electrons. The van der Waals surface area contributed by atoms with Gasteiger partial charge in [0.1, 0.15) is 0 Å². The maximum atomic E-state index is 11.9. The summed E-state index contributed by atoms with van der Waals surface area (Å²) in [7, 11) is 0. The van der Waals surface area contributed by atoms with E-state index < -0.39 is 0 Å². The molecule has 1 fully saturated rings. The summed E-state index contributed by atoms with van der Waals surface area (Å²) in [6, 6.07) is 1.47. The highest BCUT2D eigenvalue weighted by Crippen LogP contribution is 2.07. The highest BCUT2D eigenvalue weighted by atomic mass is 16.2. The molecule has 0 amide bonds. The molecule has 1 aromatic heterocycles. The fourth-order valence-electron chi connectivity index (χ4n) is 2.09. The van der Waals surface area contributed by atoms with Gasteiger partial charge in [0.25, 0.3) is 5.56 Å². The van der Waals surface area contributed by atoms with Crippen molar-refractivity contribution in [2.45, 2.75) is 26.4 Å². The Morgan fingerprint density at radius 3 is 2.94 bits per heavy atom. The molecule has 1 atom stereocenters. The SMILES string of the molecule is CCn1ccc(=O)n(CC2CCNC2)c1=O. The first-order valence-corrected chi connectivity index (χ1v) is 5.73. The van der Waals surface area contributed by atoms with Gasteiger partial charge in [0.2, 0.25) is 0 Å². The van der Waals surface area contributed by atoms with Crippen molar-refractivity contribution in [2.75, 3.05) is 13.1 Å². The Morgan fingerprint density at radius 2 is 2.31 bits per heavy atom. The minimum Gasteiger partial charge on any atom is -0.316 e. The molecule has 1 unspecified atom stereocenters. The monoisotopic (exact) mass is 223 g/mol. The van der Waals surface area contributed by atoms with Gasteiger partial charge in [-0.3, -0.25) is 9.36 Å². The van der Waals surface area contributed by atoms with Crippen LogP contribution in [0.3, 0.4) is 0 Å². The third kappa shape index (κ3) is 2.09. The van der Waals surface area contributed by atoms with Crippen LogP contribution in [-0.2, 0) is 13.1 Å². The summed E-state index contributed by atoms with van der Waals surface area (Å²) >= 11 is 0. The van der Waals surface area contributed by atoms with Crippen LogP contribution in [0.15, 0.2) is 21.9 Å². The Labute approximate surface area is 93.7 Å². The summed E-state index contributed by atoms with van der Waals surface area (Å²) in [4.78, 5) is 23.5. The Morgan fingerprint density at radius 1 is 1.50 bits per heavy atom. The van der Waals surface area contributed by atoms with Gasteiger partial charge in [0, 0.05) is 25.4 Å². The predicted molar refractivity (Wildman–Crippen MR) is 61.6 cm³/mol. The average molecular weight is 223 g/mol. The molecule has 16 heavy (non-hydrogen) atoms. The summed E-state index contributed by atoms with van der Waals surface area (Å²) in [5.41, 5.74) is -0.386. The topological polar surface area (TPSA) is 56.0 Å². The van der Waals surface area contributed by atoms with E-state index >= 15 is 0 Å². The van der Waals surface area contributed by atoms with Crippen molar-refractivity contribution in [1.82, 2.24) is 14.5 Å². The van der Waals surface area contributed by atoms with Crippen molar-refractivity contribution in [1.29, 1.82) is 0 Å². The molecule has 5 heteroatoms. The molecular formula is C11H17N3O2. The maximum absolute atomic E-state index is 11.9. The maximum Gasteiger partial charge on any atom is 0.330 e. The van der Waals surface area contributed by atoms with Crippen LogP contribution in [0.5, 0.6) is 0 Å². The van der Waals surface area contributed by atoms with E-state index in [0.717, 1.165) is 19.5 Å². The summed E-state index contributed by atoms with van der Waals surface area (Å²) in [5.74, 6) is 0.401. The molecule has 0 spiro atoms. The molecular weight excluding hydrogens is 206 g/mol. The lowest BCUT2D eigenvalue weighted by molar-refractivity contribution is 0.443. The van der Waals surface area contributed by atoms with E-state index in [0.29, 0.717) is 19.0 Å². The zero-order valence-corrected chi connectivity index (χ0v) is 9.48. The van der Waals surface area contributed by atoms with Gasteiger partial charge in [0.15, 0.2) is 0 Å². The minimum atomic E-state index is -0.193. The molecule has 0 radical (unpaired) electrons. The summed E-state index contributed by atoms with van der Waals surface area (Å²) in [5, 5.41) is 3.24. The quantitative estimate of drug-likeness (QED) is 0.761. The Kier molecular flexibility index (Phi) is 3.24. The normalized spacial score (nSPS) is 20.2. The first-order valence-electron chi connectivity index (χ1n) is 5.73. The fraction of sp³-hybridized carbons (Fsp3) is 0.636. The van der Waals surface area contributed by atoms with Gasteiger partial charge >= 0.3 is 5.69 Å². The van der Waals surface area contributed by atoms with E-state index in [1.807, 2.05) is 6.92 Å². The largest absolute Gasteiger partial charge is 0.330 e. The Bertz CT molecular complexity index is 469. The molecule has 0 aliphatic carbocycles. The molecule has 2 heterocycles. The highest BCUT2D eigenvalue weighted by molar-refractivity contribution is 4.87. The Balaban J connectivity index is 2.31. The van der Waals surface area contributed by atoms with E-state index in [-0.39, 0.29) is 11.2 Å². The summed E-state index contributed by atoms with van der Waals surface area (Å²) < 4.78 is 2.91. The van der Waals surface area contributed by atoms with Crippen molar-refractivity contribution in [3.8, 4) is 0 Å². The van der Waals surface area contributed by atoms with Crippen LogP contribution in [0.2, 0.25) is 0 Å². The van der Waals surface area contributed by atoms with Crippen LogP contribution in [0.1, 0.15) is 13.3 Å². The second-order valence-electron chi connectivity index (χ2n) is 4.19. The minimum absolute atomic E-state index is 0.193. The molecule has 0 bridgehead atoms. The Hall–Kier alpha value is -1.36. The number of aromatic nitrogens is 2. The van der Waals surface area contributed by atoms with E-state index in [2.05, 4.69) is 5.32 Å². The molecule has 1 aromatic rings. The molecule has 5 nitrogen and oxygen atoms in total. The van der Waals surface area contributed by atoms with Crippen LogP contribution in [0.4, 0.5) is 0 Å². The molecule has 1 N–H and O–H groups in total. The molecule has 2 rings (SSSR count). The standard InChI is InChI=1S/C11H17N3O2/c1-2-13-6-4-10(15)14(11(13)16)8-9-3-5-12-7-9/h4,6,9,12H,2-3,5,7-8H2,1H3. The summed E-state index contributed by atoms with van der Waals surface area (Å²) in [6.45, 7) is 4.90. The number of aryl methyl sites for hydroxylation is 1. The van der Waals surface area contributed by atoms with Crippen molar-refractivity contribution < 1.29 is 0 Å². The molecule has 0 aromatic carbocycles. The first kappa shape index (κ1) is 11.1. The number of hydrogen-bond donors (Lipinski definition) is 1. The fourth-order valence-corrected chi connectivity index (χ4v) is 2.09. The average Bonchev–Trinajstić information content (AvgIpc) is 2.77. The highest BCUT2D eigenvalue weighted by Gasteiger charge is 2.17. The van der Waals surface area contributed by atoms with Crippen molar-refractivity contribution >= 4 is 0 Å². The first-order chi connectivity index (χ1) is 7.72. The lowest BCUT2D eigenvalue weighted by Crippen LogP contribution is -2.40. The number of nitrogens with one attached hydrogen (secondary N) is 1. The van der Waals surface area contributed by atoms with E-state index in [4.69, 9.17) is 0 Å². The lowest BCUT2D eigenvalue weighted by atomic mass is 10.1. The lowest BCUT2D eigenvalue weighted by Gasteiger charge is -2.11. The van der Waals surface area contributed by atoms with Crippen LogP contribution >= 0.6 is 0 Å². The molecule has 1 saturated heterocycles. The zero-order valence-electron chi connectivity index (χ0n) is 9.48. The van der Waals surface area contributed by atoms with Gasteiger partial charge in [0.05, 0.1) is 0 Å². The van der Waals surface area contributed by atoms with Crippen LogP contribution in [0.25, 0.3) is 0 Å². The predicted octanol–water partition coefficient (Wildman–Crippen LogP) is -0.361. The van der Waals surface area contributed by atoms with Crippen LogP contribution < -0.4 is 16.6 Å². The molecule has 1 aliphatic rings. The third-order valence-corrected chi connectivity index (χ3v) is 3.08. The second kappa shape index (κ2) is 4.65. The van der Waals surface area contributed by atoms with Crippen molar-refractivity contribution in [3.05, 3.63) is 33.1 Å². The van der Waals surface area contributed by atoms with E-state index in [9.17, 15) is 9.59 Å².